The smallest absolute Gasteiger partial charge is 0.165 e. The molecule has 63 heavy (non-hydrogen) atoms. The van der Waals surface area contributed by atoms with Gasteiger partial charge in [0.1, 0.15) is 5.69 Å². The molecule has 11 aromatic carbocycles. The second-order valence-corrected chi connectivity index (χ2v) is 16.6. The van der Waals surface area contributed by atoms with Crippen molar-refractivity contribution in [2.24, 2.45) is 0 Å². The summed E-state index contributed by atoms with van der Waals surface area (Å²) in [5.74, 6) is 0.798. The molecule has 0 spiro atoms. The van der Waals surface area contributed by atoms with Crippen molar-refractivity contribution in [3.8, 4) is 50.5 Å². The molecule has 2 aromatic heterocycles. The summed E-state index contributed by atoms with van der Waals surface area (Å²) in [7, 11) is 0. The Hall–Kier alpha value is -8.40. The third kappa shape index (κ3) is 5.82. The molecule has 0 aliphatic heterocycles. The molecule has 0 unspecified atom stereocenters. The summed E-state index contributed by atoms with van der Waals surface area (Å²) in [4.78, 5) is 11.3. The van der Waals surface area contributed by atoms with Gasteiger partial charge in [0.05, 0.1) is 22.1 Å². The molecule has 2 heterocycles. The SMILES string of the molecule is c1ccc(-c2cc3nc(-n4c5ccc(-c6ccc7ccc8ccccc8c7c6)cc5c5cc6ccccc6cc54)c(-c4ccccc4)nc3cc2-c2ccc3ccccc3c2)cc1. The number of nitrogens with zero attached hydrogens (tertiary/aromatic N) is 3. The van der Waals surface area contributed by atoms with Gasteiger partial charge in [-0.25, -0.2) is 9.97 Å². The van der Waals surface area contributed by atoms with Crippen LogP contribution >= 0.6 is 0 Å². The molecular weight excluding hydrogens is 763 g/mol. The predicted molar refractivity (Wildman–Crippen MR) is 266 cm³/mol. The first kappa shape index (κ1) is 35.4. The minimum atomic E-state index is 0.798. The zero-order chi connectivity index (χ0) is 41.4. The summed E-state index contributed by atoms with van der Waals surface area (Å²) < 4.78 is 2.35. The molecular formula is C60H37N3. The van der Waals surface area contributed by atoms with Crippen molar-refractivity contribution in [3.05, 3.63) is 224 Å². The second-order valence-electron chi connectivity index (χ2n) is 16.6. The van der Waals surface area contributed by atoms with Gasteiger partial charge in [-0.15, -0.1) is 0 Å². The van der Waals surface area contributed by atoms with Crippen LogP contribution in [0.15, 0.2) is 224 Å². The van der Waals surface area contributed by atoms with Crippen LogP contribution in [0.25, 0.3) is 126 Å². The van der Waals surface area contributed by atoms with Crippen molar-refractivity contribution in [2.45, 2.75) is 0 Å². The van der Waals surface area contributed by atoms with E-state index in [1.54, 1.807) is 0 Å². The lowest BCUT2D eigenvalue weighted by Gasteiger charge is -2.17. The van der Waals surface area contributed by atoms with E-state index in [4.69, 9.17) is 9.97 Å². The van der Waals surface area contributed by atoms with Crippen molar-refractivity contribution >= 4 is 75.9 Å². The lowest BCUT2D eigenvalue weighted by Crippen LogP contribution is -2.04. The Balaban J connectivity index is 1.09. The van der Waals surface area contributed by atoms with E-state index < -0.39 is 0 Å². The molecule has 0 saturated carbocycles. The Labute approximate surface area is 363 Å². The van der Waals surface area contributed by atoms with Crippen LogP contribution in [0.4, 0.5) is 0 Å². The Morgan fingerprint density at radius 1 is 0.270 bits per heavy atom. The molecule has 13 rings (SSSR count). The standard InChI is InChI=1S/C60H37N3/c1-3-14-39(15-4-1)51-36-56-55(37-52(51)48-28-23-38-13-7-8-19-43(38)31-48)61-59(42-17-5-2-6-18-42)60(62-56)63-57-30-29-47(34-53(57)54-33-44-20-9-10-21-45(44)35-58(54)63)46-27-26-41-25-24-40-16-11-12-22-49(40)50(41)32-46/h1-37H. The molecule has 0 bridgehead atoms. The topological polar surface area (TPSA) is 30.7 Å². The van der Waals surface area contributed by atoms with Gasteiger partial charge in [0, 0.05) is 16.3 Å². The molecule has 0 aliphatic rings. The van der Waals surface area contributed by atoms with Crippen LogP contribution in [0.3, 0.4) is 0 Å². The normalized spacial score (nSPS) is 11.8. The highest BCUT2D eigenvalue weighted by Gasteiger charge is 2.22. The van der Waals surface area contributed by atoms with E-state index >= 15 is 0 Å². The summed E-state index contributed by atoms with van der Waals surface area (Å²) in [6, 6.07) is 81.2. The summed E-state index contributed by atoms with van der Waals surface area (Å²) in [6.07, 6.45) is 0. The van der Waals surface area contributed by atoms with Gasteiger partial charge in [-0.3, -0.25) is 4.57 Å². The van der Waals surface area contributed by atoms with Gasteiger partial charge in [-0.2, -0.15) is 0 Å². The molecule has 0 atom stereocenters. The molecule has 0 radical (unpaired) electrons. The van der Waals surface area contributed by atoms with Crippen molar-refractivity contribution in [1.29, 1.82) is 0 Å². The average molecular weight is 800 g/mol. The Morgan fingerprint density at radius 3 is 1.54 bits per heavy atom. The first-order valence-electron chi connectivity index (χ1n) is 21.6. The van der Waals surface area contributed by atoms with Crippen molar-refractivity contribution in [3.63, 3.8) is 0 Å². The quantitative estimate of drug-likeness (QED) is 0.162. The fourth-order valence-electron chi connectivity index (χ4n) is 9.79. The maximum absolute atomic E-state index is 5.69. The number of fused-ring (bicyclic) bond motifs is 9. The molecule has 0 fully saturated rings. The van der Waals surface area contributed by atoms with E-state index in [9.17, 15) is 0 Å². The molecule has 0 aliphatic carbocycles. The van der Waals surface area contributed by atoms with E-state index in [0.29, 0.717) is 0 Å². The Morgan fingerprint density at radius 2 is 0.778 bits per heavy atom. The lowest BCUT2D eigenvalue weighted by atomic mass is 9.92. The van der Waals surface area contributed by atoms with E-state index in [1.807, 2.05) is 0 Å². The number of benzene rings is 11. The number of aromatic nitrogens is 3. The van der Waals surface area contributed by atoms with Crippen LogP contribution in [0.1, 0.15) is 0 Å². The van der Waals surface area contributed by atoms with Crippen molar-refractivity contribution < 1.29 is 0 Å². The highest BCUT2D eigenvalue weighted by atomic mass is 15.1. The van der Waals surface area contributed by atoms with Crippen molar-refractivity contribution in [2.75, 3.05) is 0 Å². The zero-order valence-corrected chi connectivity index (χ0v) is 34.2. The van der Waals surface area contributed by atoms with E-state index in [2.05, 4.69) is 229 Å². The Kier molecular flexibility index (Phi) is 7.91. The molecule has 0 saturated heterocycles. The van der Waals surface area contributed by atoms with Gasteiger partial charge in [0.2, 0.25) is 0 Å². The van der Waals surface area contributed by atoms with Crippen LogP contribution in [-0.2, 0) is 0 Å². The highest BCUT2D eigenvalue weighted by molar-refractivity contribution is 6.15. The second kappa shape index (κ2) is 14.1. The number of hydrogen-bond donors (Lipinski definition) is 0. The largest absolute Gasteiger partial charge is 0.292 e. The summed E-state index contributed by atoms with van der Waals surface area (Å²) in [6.45, 7) is 0. The van der Waals surface area contributed by atoms with Gasteiger partial charge in [0.25, 0.3) is 0 Å². The van der Waals surface area contributed by atoms with E-state index in [0.717, 1.165) is 61.4 Å². The van der Waals surface area contributed by atoms with Crippen LogP contribution in [0.5, 0.6) is 0 Å². The van der Waals surface area contributed by atoms with E-state index in [-0.39, 0.29) is 0 Å². The molecule has 0 N–H and O–H groups in total. The summed E-state index contributed by atoms with van der Waals surface area (Å²) >= 11 is 0. The first-order valence-corrected chi connectivity index (χ1v) is 21.6. The lowest BCUT2D eigenvalue weighted by molar-refractivity contribution is 1.08. The fraction of sp³-hybridized carbons (Fsp3) is 0. The minimum absolute atomic E-state index is 0.798. The molecule has 3 heteroatoms. The molecule has 292 valence electrons. The Bertz CT molecular complexity index is 3960. The van der Waals surface area contributed by atoms with E-state index in [1.165, 1.54) is 65.0 Å². The van der Waals surface area contributed by atoms with Gasteiger partial charge in [-0.05, 0) is 125 Å². The number of rotatable bonds is 5. The number of hydrogen-bond acceptors (Lipinski definition) is 2. The minimum Gasteiger partial charge on any atom is -0.292 e. The predicted octanol–water partition coefficient (Wildman–Crippen LogP) is 16.0. The van der Waals surface area contributed by atoms with Crippen LogP contribution in [0, 0.1) is 0 Å². The third-order valence-corrected chi connectivity index (χ3v) is 12.9. The maximum Gasteiger partial charge on any atom is 0.165 e. The van der Waals surface area contributed by atoms with Gasteiger partial charge < -0.3 is 0 Å². The van der Waals surface area contributed by atoms with Gasteiger partial charge >= 0.3 is 0 Å². The average Bonchev–Trinajstić information content (AvgIpc) is 3.67. The van der Waals surface area contributed by atoms with Crippen LogP contribution < -0.4 is 0 Å². The van der Waals surface area contributed by atoms with Crippen LogP contribution in [-0.4, -0.2) is 14.5 Å². The van der Waals surface area contributed by atoms with Gasteiger partial charge in [0.15, 0.2) is 5.82 Å². The molecule has 13 aromatic rings. The zero-order valence-electron chi connectivity index (χ0n) is 34.2. The highest BCUT2D eigenvalue weighted by Crippen LogP contribution is 2.42. The maximum atomic E-state index is 5.69. The monoisotopic (exact) mass is 799 g/mol. The summed E-state index contributed by atoms with van der Waals surface area (Å²) in [5.41, 5.74) is 12.6. The first-order chi connectivity index (χ1) is 31.2. The summed E-state index contributed by atoms with van der Waals surface area (Å²) in [5, 5.41) is 12.2. The fourth-order valence-corrected chi connectivity index (χ4v) is 9.79. The molecule has 3 nitrogen and oxygen atoms in total. The third-order valence-electron chi connectivity index (χ3n) is 12.9. The van der Waals surface area contributed by atoms with Crippen LogP contribution in [0.2, 0.25) is 0 Å². The van der Waals surface area contributed by atoms with Crippen molar-refractivity contribution in [1.82, 2.24) is 14.5 Å². The van der Waals surface area contributed by atoms with Gasteiger partial charge in [-0.1, -0.05) is 176 Å². The molecule has 0 amide bonds.